The van der Waals surface area contributed by atoms with Crippen molar-refractivity contribution in [2.45, 2.75) is 38.3 Å². The van der Waals surface area contributed by atoms with Gasteiger partial charge in [-0.1, -0.05) is 15.9 Å². The maximum atomic E-state index is 6.16. The molecule has 1 aromatic rings. The third kappa shape index (κ3) is 4.96. The molecule has 102 valence electrons. The van der Waals surface area contributed by atoms with E-state index in [-0.39, 0.29) is 12.1 Å². The molecule has 2 atom stereocenters. The Morgan fingerprint density at radius 3 is 2.61 bits per heavy atom. The average Bonchev–Trinajstić information content (AvgIpc) is 2.36. The quantitative estimate of drug-likeness (QED) is 0.840. The summed E-state index contributed by atoms with van der Waals surface area (Å²) in [5.41, 5.74) is 7.30. The van der Waals surface area contributed by atoms with Gasteiger partial charge < -0.3 is 15.2 Å². The summed E-state index contributed by atoms with van der Waals surface area (Å²) in [5.74, 6) is 0.897. The van der Waals surface area contributed by atoms with Crippen LogP contribution in [0.15, 0.2) is 22.7 Å². The molecule has 0 aromatic heterocycles. The summed E-state index contributed by atoms with van der Waals surface area (Å²) in [6, 6.07) is 6.13. The van der Waals surface area contributed by atoms with Crippen LogP contribution in [0.3, 0.4) is 0 Å². The van der Waals surface area contributed by atoms with E-state index in [1.54, 1.807) is 14.2 Å². The molecule has 4 heteroatoms. The summed E-state index contributed by atoms with van der Waals surface area (Å²) in [7, 11) is 3.42. The number of hydrogen-bond acceptors (Lipinski definition) is 3. The Morgan fingerprint density at radius 1 is 1.28 bits per heavy atom. The first-order valence-corrected chi connectivity index (χ1v) is 6.97. The molecule has 18 heavy (non-hydrogen) atoms. The molecule has 2 unspecified atom stereocenters. The molecule has 3 nitrogen and oxygen atoms in total. The van der Waals surface area contributed by atoms with Crippen LogP contribution in [0, 0.1) is 0 Å². The zero-order chi connectivity index (χ0) is 13.5. The fourth-order valence-electron chi connectivity index (χ4n) is 1.86. The van der Waals surface area contributed by atoms with E-state index >= 15 is 0 Å². The molecule has 0 spiro atoms. The van der Waals surface area contributed by atoms with E-state index in [0.29, 0.717) is 0 Å². The maximum Gasteiger partial charge on any atom is 0.122 e. The molecule has 1 rings (SSSR count). The zero-order valence-corrected chi connectivity index (χ0v) is 12.9. The topological polar surface area (TPSA) is 44.5 Å². The first-order chi connectivity index (χ1) is 8.56. The molecule has 0 amide bonds. The lowest BCUT2D eigenvalue weighted by molar-refractivity contribution is 0.107. The van der Waals surface area contributed by atoms with Crippen molar-refractivity contribution >= 4 is 15.9 Å². The first-order valence-electron chi connectivity index (χ1n) is 6.17. The van der Waals surface area contributed by atoms with Gasteiger partial charge in [0.15, 0.2) is 0 Å². The van der Waals surface area contributed by atoms with Crippen molar-refractivity contribution in [3.05, 3.63) is 28.2 Å². The second-order valence-corrected chi connectivity index (χ2v) is 5.46. The Kier molecular flexibility index (Phi) is 6.68. The smallest absolute Gasteiger partial charge is 0.122 e. The SMILES string of the molecule is COc1ccc(Br)cc1CC(N)CCC(C)OC. The molecular formula is C14H22BrNO2. The van der Waals surface area contributed by atoms with E-state index in [1.165, 1.54) is 0 Å². The Hall–Kier alpha value is -0.580. The Labute approximate surface area is 118 Å². The van der Waals surface area contributed by atoms with Crippen LogP contribution in [0.5, 0.6) is 5.75 Å². The molecule has 0 saturated carbocycles. The van der Waals surface area contributed by atoms with Gasteiger partial charge in [0.25, 0.3) is 0 Å². The minimum atomic E-state index is 0.130. The van der Waals surface area contributed by atoms with Gasteiger partial charge in [0, 0.05) is 17.6 Å². The average molecular weight is 316 g/mol. The molecule has 0 aliphatic rings. The van der Waals surface area contributed by atoms with Gasteiger partial charge in [-0.05, 0) is 49.9 Å². The van der Waals surface area contributed by atoms with Gasteiger partial charge in [-0.15, -0.1) is 0 Å². The fourth-order valence-corrected chi connectivity index (χ4v) is 2.27. The van der Waals surface area contributed by atoms with E-state index in [0.717, 1.165) is 35.0 Å². The van der Waals surface area contributed by atoms with E-state index in [2.05, 4.69) is 28.9 Å². The highest BCUT2D eigenvalue weighted by molar-refractivity contribution is 9.10. The van der Waals surface area contributed by atoms with Crippen molar-refractivity contribution in [3.8, 4) is 5.75 Å². The van der Waals surface area contributed by atoms with Crippen LogP contribution >= 0.6 is 15.9 Å². The maximum absolute atomic E-state index is 6.16. The molecule has 0 fully saturated rings. The summed E-state index contributed by atoms with van der Waals surface area (Å²) in [6.45, 7) is 2.06. The van der Waals surface area contributed by atoms with Crippen LogP contribution in [-0.2, 0) is 11.2 Å². The molecule has 0 bridgehead atoms. The third-order valence-corrected chi connectivity index (χ3v) is 3.56. The number of benzene rings is 1. The highest BCUT2D eigenvalue weighted by Crippen LogP contribution is 2.24. The van der Waals surface area contributed by atoms with Crippen LogP contribution in [0.25, 0.3) is 0 Å². The van der Waals surface area contributed by atoms with Gasteiger partial charge in [-0.25, -0.2) is 0 Å². The number of ether oxygens (including phenoxy) is 2. The van der Waals surface area contributed by atoms with Crippen molar-refractivity contribution in [1.29, 1.82) is 0 Å². The van der Waals surface area contributed by atoms with Gasteiger partial charge >= 0.3 is 0 Å². The molecular weight excluding hydrogens is 294 g/mol. The Balaban J connectivity index is 2.57. The highest BCUT2D eigenvalue weighted by Gasteiger charge is 2.11. The molecule has 1 aromatic carbocycles. The first kappa shape index (κ1) is 15.5. The van der Waals surface area contributed by atoms with Crippen molar-refractivity contribution in [2.75, 3.05) is 14.2 Å². The number of methoxy groups -OCH3 is 2. The molecule has 0 radical (unpaired) electrons. The van der Waals surface area contributed by atoms with Gasteiger partial charge in [0.05, 0.1) is 13.2 Å². The Morgan fingerprint density at radius 2 is 2.00 bits per heavy atom. The van der Waals surface area contributed by atoms with Crippen LogP contribution < -0.4 is 10.5 Å². The predicted octanol–water partition coefficient (Wildman–Crippen LogP) is 3.14. The lowest BCUT2D eigenvalue weighted by Gasteiger charge is -2.16. The lowest BCUT2D eigenvalue weighted by Crippen LogP contribution is -2.24. The van der Waals surface area contributed by atoms with Crippen molar-refractivity contribution < 1.29 is 9.47 Å². The molecule has 0 saturated heterocycles. The second kappa shape index (κ2) is 7.77. The second-order valence-electron chi connectivity index (χ2n) is 4.54. The number of rotatable bonds is 7. The lowest BCUT2D eigenvalue weighted by atomic mass is 10.0. The summed E-state index contributed by atoms with van der Waals surface area (Å²) in [4.78, 5) is 0. The molecule has 0 heterocycles. The van der Waals surface area contributed by atoms with Gasteiger partial charge in [0.2, 0.25) is 0 Å². The van der Waals surface area contributed by atoms with E-state index < -0.39 is 0 Å². The minimum absolute atomic E-state index is 0.130. The van der Waals surface area contributed by atoms with Crippen LogP contribution in [-0.4, -0.2) is 26.4 Å². The van der Waals surface area contributed by atoms with E-state index in [9.17, 15) is 0 Å². The predicted molar refractivity (Wildman–Crippen MR) is 78.1 cm³/mol. The van der Waals surface area contributed by atoms with E-state index in [1.807, 2.05) is 12.1 Å². The number of nitrogens with two attached hydrogens (primary N) is 1. The zero-order valence-electron chi connectivity index (χ0n) is 11.3. The van der Waals surface area contributed by atoms with Crippen LogP contribution in [0.2, 0.25) is 0 Å². The minimum Gasteiger partial charge on any atom is -0.496 e. The summed E-state index contributed by atoms with van der Waals surface area (Å²) < 4.78 is 11.6. The standard InChI is InChI=1S/C14H22BrNO2/c1-10(17-2)4-6-13(16)9-11-8-12(15)5-7-14(11)18-3/h5,7-8,10,13H,4,6,9,16H2,1-3H3. The molecule has 0 aliphatic heterocycles. The van der Waals surface area contributed by atoms with Crippen LogP contribution in [0.1, 0.15) is 25.3 Å². The molecule has 2 N–H and O–H groups in total. The summed E-state index contributed by atoms with van der Waals surface area (Å²) >= 11 is 3.47. The third-order valence-electron chi connectivity index (χ3n) is 3.07. The van der Waals surface area contributed by atoms with Crippen molar-refractivity contribution in [2.24, 2.45) is 5.73 Å². The monoisotopic (exact) mass is 315 g/mol. The Bertz CT molecular complexity index is 371. The van der Waals surface area contributed by atoms with Gasteiger partial charge in [-0.3, -0.25) is 0 Å². The summed E-state index contributed by atoms with van der Waals surface area (Å²) in [6.07, 6.45) is 3.01. The van der Waals surface area contributed by atoms with Crippen LogP contribution in [0.4, 0.5) is 0 Å². The van der Waals surface area contributed by atoms with Gasteiger partial charge in [-0.2, -0.15) is 0 Å². The van der Waals surface area contributed by atoms with E-state index in [4.69, 9.17) is 15.2 Å². The number of hydrogen-bond donors (Lipinski definition) is 1. The highest BCUT2D eigenvalue weighted by atomic mass is 79.9. The normalized spacial score (nSPS) is 14.3. The van der Waals surface area contributed by atoms with Gasteiger partial charge in [0.1, 0.15) is 5.75 Å². The van der Waals surface area contributed by atoms with Crippen molar-refractivity contribution in [1.82, 2.24) is 0 Å². The largest absolute Gasteiger partial charge is 0.496 e. The number of halogens is 1. The molecule has 0 aliphatic carbocycles. The van der Waals surface area contributed by atoms with Crippen molar-refractivity contribution in [3.63, 3.8) is 0 Å². The fraction of sp³-hybridized carbons (Fsp3) is 0.571. The summed E-state index contributed by atoms with van der Waals surface area (Å²) in [5, 5.41) is 0.